The monoisotopic (exact) mass is 483 g/mol. The summed E-state index contributed by atoms with van der Waals surface area (Å²) in [5.74, 6) is -1.15. The summed E-state index contributed by atoms with van der Waals surface area (Å²) in [6.07, 6.45) is 6.76. The van der Waals surface area contributed by atoms with E-state index in [1.807, 2.05) is 50.3 Å². The molecule has 0 aromatic heterocycles. The van der Waals surface area contributed by atoms with Gasteiger partial charge in [-0.15, -0.1) is 0 Å². The number of rotatable bonds is 10. The molecule has 1 fully saturated rings. The predicted molar refractivity (Wildman–Crippen MR) is 132 cm³/mol. The second kappa shape index (κ2) is 11.7. The van der Waals surface area contributed by atoms with Crippen molar-refractivity contribution >= 4 is 17.8 Å². The van der Waals surface area contributed by atoms with Crippen LogP contribution in [-0.2, 0) is 25.5 Å². The van der Waals surface area contributed by atoms with E-state index in [2.05, 4.69) is 0 Å². The fourth-order valence-electron chi connectivity index (χ4n) is 5.03. The Morgan fingerprint density at radius 1 is 1.11 bits per heavy atom. The van der Waals surface area contributed by atoms with Crippen LogP contribution in [0.2, 0.25) is 0 Å². The number of benzene rings is 1. The lowest BCUT2D eigenvalue weighted by molar-refractivity contribution is -0.144. The number of ketones is 1. The number of carbonyl (C=O) groups excluding carboxylic acids is 3. The molecule has 3 atom stereocenters. The van der Waals surface area contributed by atoms with E-state index in [4.69, 9.17) is 14.6 Å². The number of aliphatic hydroxyl groups excluding tert-OH is 1. The highest BCUT2D eigenvalue weighted by molar-refractivity contribution is 6.02. The summed E-state index contributed by atoms with van der Waals surface area (Å²) in [6, 6.07) is 8.97. The van der Waals surface area contributed by atoms with E-state index < -0.39 is 35.7 Å². The number of ether oxygens (including phenoxy) is 2. The number of amides is 2. The molecule has 0 radical (unpaired) electrons. The van der Waals surface area contributed by atoms with E-state index in [0.717, 1.165) is 31.2 Å². The van der Waals surface area contributed by atoms with Crippen LogP contribution in [0.25, 0.3) is 0 Å². The number of hydrogen-bond acceptors (Lipinski definition) is 6. The topological polar surface area (TPSA) is 93.1 Å². The summed E-state index contributed by atoms with van der Waals surface area (Å²) < 4.78 is 11.7. The number of unbranched alkanes of at least 4 members (excludes halogenated alkanes) is 3. The minimum atomic E-state index is -1.04. The number of aliphatic hydroxyl groups is 1. The van der Waals surface area contributed by atoms with Crippen molar-refractivity contribution in [2.24, 2.45) is 11.8 Å². The van der Waals surface area contributed by atoms with Crippen LogP contribution in [0, 0.1) is 11.8 Å². The second-order valence-corrected chi connectivity index (χ2v) is 10.1. The van der Waals surface area contributed by atoms with Crippen molar-refractivity contribution in [3.8, 4) is 0 Å². The average molecular weight is 484 g/mol. The van der Waals surface area contributed by atoms with Gasteiger partial charge in [-0.3, -0.25) is 9.59 Å². The molecule has 2 heterocycles. The van der Waals surface area contributed by atoms with E-state index in [1.54, 1.807) is 19.9 Å². The predicted octanol–water partition coefficient (Wildman–Crippen LogP) is 4.59. The first kappa shape index (κ1) is 26.7. The summed E-state index contributed by atoms with van der Waals surface area (Å²) in [5.41, 5.74) is 0.0362. The van der Waals surface area contributed by atoms with Crippen LogP contribution in [0.1, 0.15) is 58.9 Å². The zero-order valence-corrected chi connectivity index (χ0v) is 21.1. The van der Waals surface area contributed by atoms with Gasteiger partial charge in [0.2, 0.25) is 5.91 Å². The van der Waals surface area contributed by atoms with Crippen LogP contribution in [0.15, 0.2) is 54.3 Å². The first-order valence-corrected chi connectivity index (χ1v) is 12.4. The van der Waals surface area contributed by atoms with Crippen molar-refractivity contribution in [1.82, 2.24) is 4.90 Å². The third kappa shape index (κ3) is 6.40. The third-order valence-electron chi connectivity index (χ3n) is 6.55. The van der Waals surface area contributed by atoms with Crippen molar-refractivity contribution < 1.29 is 29.0 Å². The lowest BCUT2D eigenvalue weighted by Crippen LogP contribution is -2.53. The van der Waals surface area contributed by atoms with Crippen molar-refractivity contribution in [3.63, 3.8) is 0 Å². The molecular weight excluding hydrogens is 446 g/mol. The minimum Gasteiger partial charge on any atom is -0.482 e. The number of imide groups is 1. The first-order valence-electron chi connectivity index (χ1n) is 12.4. The van der Waals surface area contributed by atoms with Crippen molar-refractivity contribution in [2.75, 3.05) is 6.61 Å². The number of hydrogen-bond donors (Lipinski definition) is 1. The summed E-state index contributed by atoms with van der Waals surface area (Å²) in [4.78, 5) is 41.0. The van der Waals surface area contributed by atoms with Crippen LogP contribution >= 0.6 is 0 Å². The Kier molecular flexibility index (Phi) is 8.89. The molecule has 2 aliphatic heterocycles. The van der Waals surface area contributed by atoms with Gasteiger partial charge >= 0.3 is 6.09 Å². The van der Waals surface area contributed by atoms with Crippen LogP contribution in [0.5, 0.6) is 0 Å². The molecule has 0 spiro atoms. The Bertz CT molecular complexity index is 965. The van der Waals surface area contributed by atoms with Gasteiger partial charge in [0.1, 0.15) is 11.4 Å². The van der Waals surface area contributed by atoms with Crippen LogP contribution in [-0.4, -0.2) is 52.1 Å². The molecule has 7 heteroatoms. The summed E-state index contributed by atoms with van der Waals surface area (Å²) in [7, 11) is 0. The highest BCUT2D eigenvalue weighted by atomic mass is 16.6. The fourth-order valence-corrected chi connectivity index (χ4v) is 5.03. The number of nitrogens with zero attached hydrogens (tertiary/aromatic N) is 1. The smallest absolute Gasteiger partial charge is 0.417 e. The standard InChI is InChI=1S/C28H37NO6/c1-19(2)25-28(3,4)35-27(33)29(25)26(32)22(18-20-12-8-7-9-13-20)24-23(31)16-15-21(34-24)14-10-5-6-11-17-30/h7-9,12-16,19,22,24-25,30H,5-6,10-11,17-18H2,1-4H3/t22-,24-,25-/m0/s1. The highest BCUT2D eigenvalue weighted by Gasteiger charge is 2.54. The Balaban J connectivity index is 1.90. The molecule has 190 valence electrons. The molecular formula is C28H37NO6. The van der Waals surface area contributed by atoms with Crippen molar-refractivity contribution in [2.45, 2.75) is 77.5 Å². The van der Waals surface area contributed by atoms with Gasteiger partial charge in [-0.05, 0) is 69.2 Å². The molecule has 1 N–H and O–H groups in total. The number of cyclic esters (lactones) is 1. The molecule has 1 saturated heterocycles. The van der Waals surface area contributed by atoms with Gasteiger partial charge in [0, 0.05) is 6.61 Å². The lowest BCUT2D eigenvalue weighted by atomic mass is 9.85. The SMILES string of the molecule is CC(C)[C@@H]1N(C(=O)[C@@H](Cc2ccccc2)[C@@H]2OC(=CCCCCCO)C=CC2=O)C(=O)OC1(C)C. The quantitative estimate of drug-likeness (QED) is 0.490. The molecule has 1 aromatic rings. The molecule has 0 saturated carbocycles. The summed E-state index contributed by atoms with van der Waals surface area (Å²) in [5, 5.41) is 8.95. The summed E-state index contributed by atoms with van der Waals surface area (Å²) in [6.45, 7) is 7.67. The van der Waals surface area contributed by atoms with Gasteiger partial charge in [-0.1, -0.05) is 50.6 Å². The molecule has 35 heavy (non-hydrogen) atoms. The van der Waals surface area contributed by atoms with Crippen LogP contribution in [0.4, 0.5) is 4.79 Å². The van der Waals surface area contributed by atoms with Gasteiger partial charge < -0.3 is 14.6 Å². The molecule has 1 aromatic carbocycles. The van der Waals surface area contributed by atoms with Crippen LogP contribution in [0.3, 0.4) is 0 Å². The van der Waals surface area contributed by atoms with E-state index in [9.17, 15) is 14.4 Å². The van der Waals surface area contributed by atoms with Gasteiger partial charge in [0.15, 0.2) is 11.9 Å². The van der Waals surface area contributed by atoms with E-state index >= 15 is 0 Å². The van der Waals surface area contributed by atoms with E-state index in [-0.39, 0.29) is 24.7 Å². The Morgan fingerprint density at radius 2 is 1.83 bits per heavy atom. The molecule has 2 amide bonds. The zero-order chi connectivity index (χ0) is 25.6. The number of carbonyl (C=O) groups is 3. The van der Waals surface area contributed by atoms with Gasteiger partial charge in [0.05, 0.1) is 12.0 Å². The normalized spacial score (nSPS) is 23.5. The number of allylic oxidation sites excluding steroid dienone is 2. The molecule has 7 nitrogen and oxygen atoms in total. The van der Waals surface area contributed by atoms with E-state index in [0.29, 0.717) is 5.76 Å². The molecule has 0 aliphatic carbocycles. The Hall–Kier alpha value is -2.93. The zero-order valence-electron chi connectivity index (χ0n) is 21.1. The van der Waals surface area contributed by atoms with Crippen molar-refractivity contribution in [1.29, 1.82) is 0 Å². The van der Waals surface area contributed by atoms with Gasteiger partial charge in [0.25, 0.3) is 0 Å². The average Bonchev–Trinajstić information content (AvgIpc) is 3.07. The molecule has 3 rings (SSSR count). The van der Waals surface area contributed by atoms with Crippen LogP contribution < -0.4 is 0 Å². The molecule has 0 unspecified atom stereocenters. The highest BCUT2D eigenvalue weighted by Crippen LogP contribution is 2.36. The minimum absolute atomic E-state index is 0.0324. The third-order valence-corrected chi connectivity index (χ3v) is 6.55. The summed E-state index contributed by atoms with van der Waals surface area (Å²) >= 11 is 0. The maximum atomic E-state index is 14.0. The largest absolute Gasteiger partial charge is 0.482 e. The molecule has 0 bridgehead atoms. The van der Waals surface area contributed by atoms with Gasteiger partial charge in [-0.2, -0.15) is 0 Å². The maximum absolute atomic E-state index is 14.0. The Labute approximate surface area is 207 Å². The molecule has 2 aliphatic rings. The fraction of sp³-hybridized carbons (Fsp3) is 0.536. The van der Waals surface area contributed by atoms with E-state index in [1.165, 1.54) is 11.0 Å². The lowest BCUT2D eigenvalue weighted by Gasteiger charge is -2.35. The Morgan fingerprint density at radius 3 is 2.49 bits per heavy atom. The maximum Gasteiger partial charge on any atom is 0.417 e. The van der Waals surface area contributed by atoms with Crippen molar-refractivity contribution in [3.05, 3.63) is 59.9 Å². The van der Waals surface area contributed by atoms with Gasteiger partial charge in [-0.25, -0.2) is 9.69 Å². The second-order valence-electron chi connectivity index (χ2n) is 10.1. The first-order chi connectivity index (χ1) is 16.7.